The number of likely N-dealkylation sites (N-methyl/N-ethyl adjacent to an activating group) is 1. The fourth-order valence-electron chi connectivity index (χ4n) is 2.47. The van der Waals surface area contributed by atoms with Gasteiger partial charge in [-0.1, -0.05) is 23.5 Å². The zero-order chi connectivity index (χ0) is 20.3. The molecular weight excluding hydrogens is 391 g/mol. The predicted octanol–water partition coefficient (Wildman–Crippen LogP) is 3.69. The second kappa shape index (κ2) is 8.57. The molecule has 5 nitrogen and oxygen atoms in total. The molecule has 0 N–H and O–H groups in total. The molecule has 0 spiro atoms. The van der Waals surface area contributed by atoms with E-state index in [0.717, 1.165) is 17.4 Å². The first-order valence-corrected chi connectivity index (χ1v) is 9.25. The molecule has 0 bridgehead atoms. The zero-order valence-corrected chi connectivity index (χ0v) is 16.1. The van der Waals surface area contributed by atoms with Gasteiger partial charge in [0, 0.05) is 19.2 Å². The van der Waals surface area contributed by atoms with Crippen molar-refractivity contribution < 1.29 is 22.7 Å². The number of amides is 1. The van der Waals surface area contributed by atoms with Crippen LogP contribution in [0, 0.1) is 17.5 Å². The van der Waals surface area contributed by atoms with E-state index in [1.165, 1.54) is 29.2 Å². The van der Waals surface area contributed by atoms with Gasteiger partial charge in [0.1, 0.15) is 11.3 Å². The van der Waals surface area contributed by atoms with E-state index in [2.05, 4.69) is 4.98 Å². The molecule has 0 radical (unpaired) electrons. The van der Waals surface area contributed by atoms with Gasteiger partial charge in [-0.3, -0.25) is 9.69 Å². The molecule has 0 aliphatic rings. The summed E-state index contributed by atoms with van der Waals surface area (Å²) in [5.41, 5.74) is -0.000856. The molecule has 2 aromatic carbocycles. The number of carbonyl (C=O) groups is 1. The minimum atomic E-state index is -0.792. The summed E-state index contributed by atoms with van der Waals surface area (Å²) in [4.78, 5) is 20.1. The molecule has 3 rings (SSSR count). The third kappa shape index (κ3) is 4.60. The van der Waals surface area contributed by atoms with Crippen molar-refractivity contribution in [3.05, 3.63) is 53.8 Å². The first-order valence-electron chi connectivity index (χ1n) is 8.43. The number of ether oxygens (including phenoxy) is 1. The van der Waals surface area contributed by atoms with Gasteiger partial charge in [0.25, 0.3) is 5.91 Å². The van der Waals surface area contributed by atoms with Crippen molar-refractivity contribution in [1.82, 2.24) is 9.88 Å². The van der Waals surface area contributed by atoms with Crippen LogP contribution in [0.3, 0.4) is 0 Å². The highest BCUT2D eigenvalue weighted by Crippen LogP contribution is 2.31. The Kier molecular flexibility index (Phi) is 6.15. The number of aromatic nitrogens is 1. The number of carbonyl (C=O) groups excluding carboxylic acids is 1. The van der Waals surface area contributed by atoms with Crippen molar-refractivity contribution in [3.63, 3.8) is 0 Å². The van der Waals surface area contributed by atoms with Crippen LogP contribution in [0.4, 0.5) is 18.3 Å². The Balaban J connectivity index is 1.85. The van der Waals surface area contributed by atoms with Gasteiger partial charge < -0.3 is 9.64 Å². The maximum absolute atomic E-state index is 14.0. The van der Waals surface area contributed by atoms with Crippen LogP contribution in [0.2, 0.25) is 0 Å². The normalized spacial score (nSPS) is 11.2. The van der Waals surface area contributed by atoms with E-state index in [-0.39, 0.29) is 22.9 Å². The van der Waals surface area contributed by atoms with E-state index >= 15 is 0 Å². The van der Waals surface area contributed by atoms with E-state index in [1.807, 2.05) is 19.0 Å². The van der Waals surface area contributed by atoms with Crippen molar-refractivity contribution >= 4 is 32.6 Å². The number of anilines is 1. The van der Waals surface area contributed by atoms with Crippen molar-refractivity contribution in [1.29, 1.82) is 0 Å². The predicted molar refractivity (Wildman–Crippen MR) is 102 cm³/mol. The number of rotatable bonds is 7. The van der Waals surface area contributed by atoms with Gasteiger partial charge in [-0.05, 0) is 32.3 Å². The lowest BCUT2D eigenvalue weighted by Crippen LogP contribution is -2.39. The molecule has 0 fully saturated rings. The fraction of sp³-hybridized carbons (Fsp3) is 0.263. The summed E-state index contributed by atoms with van der Waals surface area (Å²) in [5, 5.41) is 0.225. The first-order chi connectivity index (χ1) is 13.3. The lowest BCUT2D eigenvalue weighted by Gasteiger charge is -2.22. The standard InChI is InChI=1S/C19H18F3N3O2S/c1-24(2)7-8-25(17(26)11-27-15-6-4-3-5-13(15)21)19-23-18-14(22)9-12(20)10-16(18)28-19/h3-6,9-10H,7-8,11H2,1-2H3. The van der Waals surface area contributed by atoms with E-state index < -0.39 is 30.0 Å². The molecule has 0 saturated carbocycles. The van der Waals surface area contributed by atoms with E-state index in [1.54, 1.807) is 6.07 Å². The summed E-state index contributed by atoms with van der Waals surface area (Å²) in [7, 11) is 3.68. The van der Waals surface area contributed by atoms with Crippen LogP contribution in [0.1, 0.15) is 0 Å². The molecule has 148 valence electrons. The van der Waals surface area contributed by atoms with Gasteiger partial charge in [0.15, 0.2) is 29.1 Å². The number of halogens is 3. The lowest BCUT2D eigenvalue weighted by atomic mass is 10.3. The Morgan fingerprint density at radius 2 is 1.86 bits per heavy atom. The smallest absolute Gasteiger partial charge is 0.266 e. The molecule has 28 heavy (non-hydrogen) atoms. The van der Waals surface area contributed by atoms with Gasteiger partial charge in [0.05, 0.1) is 4.70 Å². The highest BCUT2D eigenvalue weighted by molar-refractivity contribution is 7.22. The van der Waals surface area contributed by atoms with Gasteiger partial charge in [-0.2, -0.15) is 0 Å². The second-order valence-corrected chi connectivity index (χ2v) is 7.31. The van der Waals surface area contributed by atoms with Crippen LogP contribution in [0.5, 0.6) is 5.75 Å². The van der Waals surface area contributed by atoms with Gasteiger partial charge in [-0.25, -0.2) is 18.2 Å². The molecule has 1 amide bonds. The van der Waals surface area contributed by atoms with Crippen molar-refractivity contribution in [2.75, 3.05) is 38.7 Å². The molecule has 0 unspecified atom stereocenters. The lowest BCUT2D eigenvalue weighted by molar-refractivity contribution is -0.120. The van der Waals surface area contributed by atoms with Crippen LogP contribution >= 0.6 is 11.3 Å². The zero-order valence-electron chi connectivity index (χ0n) is 15.3. The summed E-state index contributed by atoms with van der Waals surface area (Å²) in [6.07, 6.45) is 0. The summed E-state index contributed by atoms with van der Waals surface area (Å²) < 4.78 is 46.7. The Bertz CT molecular complexity index is 994. The molecule has 9 heteroatoms. The van der Waals surface area contributed by atoms with E-state index in [9.17, 15) is 18.0 Å². The maximum atomic E-state index is 14.0. The molecule has 0 aliphatic carbocycles. The number of fused-ring (bicyclic) bond motifs is 1. The Labute approximate surface area is 164 Å². The molecule has 3 aromatic rings. The number of hydrogen-bond acceptors (Lipinski definition) is 5. The van der Waals surface area contributed by atoms with Crippen LogP contribution < -0.4 is 9.64 Å². The number of nitrogens with zero attached hydrogens (tertiary/aromatic N) is 3. The summed E-state index contributed by atoms with van der Waals surface area (Å²) in [6.45, 7) is 0.357. The Morgan fingerprint density at radius 1 is 1.11 bits per heavy atom. The van der Waals surface area contributed by atoms with Crippen molar-refractivity contribution in [2.45, 2.75) is 0 Å². The van der Waals surface area contributed by atoms with E-state index in [0.29, 0.717) is 11.2 Å². The summed E-state index contributed by atoms with van der Waals surface area (Å²) in [5.74, 6) is -2.59. The van der Waals surface area contributed by atoms with Crippen LogP contribution in [-0.2, 0) is 4.79 Å². The van der Waals surface area contributed by atoms with Crippen molar-refractivity contribution in [3.8, 4) is 5.75 Å². The number of para-hydroxylation sites is 1. The summed E-state index contributed by atoms with van der Waals surface area (Å²) in [6, 6.07) is 7.68. The Morgan fingerprint density at radius 3 is 2.57 bits per heavy atom. The third-order valence-electron chi connectivity index (χ3n) is 3.89. The van der Waals surface area contributed by atoms with Crippen molar-refractivity contribution in [2.24, 2.45) is 0 Å². The van der Waals surface area contributed by atoms with Gasteiger partial charge >= 0.3 is 0 Å². The van der Waals surface area contributed by atoms with Crippen LogP contribution in [0.15, 0.2) is 36.4 Å². The minimum absolute atomic E-state index is 0.000856. The van der Waals surface area contributed by atoms with Gasteiger partial charge in [-0.15, -0.1) is 0 Å². The molecule has 0 atom stereocenters. The molecule has 0 saturated heterocycles. The molecular formula is C19H18F3N3O2S. The Hall–Kier alpha value is -2.65. The first kappa shape index (κ1) is 20.1. The average molecular weight is 409 g/mol. The monoisotopic (exact) mass is 409 g/mol. The van der Waals surface area contributed by atoms with Gasteiger partial charge in [0.2, 0.25) is 0 Å². The molecule has 1 heterocycles. The topological polar surface area (TPSA) is 45.7 Å². The number of hydrogen-bond donors (Lipinski definition) is 0. The summed E-state index contributed by atoms with van der Waals surface area (Å²) >= 11 is 1.00. The third-order valence-corrected chi connectivity index (χ3v) is 4.92. The molecule has 1 aromatic heterocycles. The SMILES string of the molecule is CN(C)CCN(C(=O)COc1ccccc1F)c1nc2c(F)cc(F)cc2s1. The number of thiazole rings is 1. The quantitative estimate of drug-likeness (QED) is 0.597. The minimum Gasteiger partial charge on any atom is -0.481 e. The molecule has 0 aliphatic heterocycles. The van der Waals surface area contributed by atoms with Crippen LogP contribution in [-0.4, -0.2) is 49.6 Å². The highest BCUT2D eigenvalue weighted by atomic mass is 32.1. The second-order valence-electron chi connectivity index (χ2n) is 6.30. The van der Waals surface area contributed by atoms with Crippen LogP contribution in [0.25, 0.3) is 10.2 Å². The largest absolute Gasteiger partial charge is 0.481 e. The highest BCUT2D eigenvalue weighted by Gasteiger charge is 2.22. The van der Waals surface area contributed by atoms with E-state index in [4.69, 9.17) is 4.74 Å². The number of benzene rings is 2. The maximum Gasteiger partial charge on any atom is 0.266 e. The fourth-order valence-corrected chi connectivity index (χ4v) is 3.52. The average Bonchev–Trinajstić information content (AvgIpc) is 3.05.